The third-order valence-corrected chi connectivity index (χ3v) is 8.11. The average molecular weight is 448 g/mol. The van der Waals surface area contributed by atoms with Gasteiger partial charge in [-0.25, -0.2) is 10.2 Å². The summed E-state index contributed by atoms with van der Waals surface area (Å²) in [6, 6.07) is 19.5. The molecule has 2 amide bonds. The van der Waals surface area contributed by atoms with Crippen molar-refractivity contribution >= 4 is 6.03 Å². The summed E-state index contributed by atoms with van der Waals surface area (Å²) in [6.45, 7) is 0.761. The number of benzene rings is 2. The van der Waals surface area contributed by atoms with Gasteiger partial charge in [0.15, 0.2) is 0 Å². The van der Waals surface area contributed by atoms with Gasteiger partial charge in [-0.3, -0.25) is 5.01 Å². The zero-order valence-electron chi connectivity index (χ0n) is 19.8. The Labute approximate surface area is 197 Å². The Morgan fingerprint density at radius 2 is 1.79 bits per heavy atom. The topological polar surface area (TPSA) is 53.6 Å². The van der Waals surface area contributed by atoms with Crippen molar-refractivity contribution in [3.8, 4) is 5.75 Å². The number of urea groups is 1. The van der Waals surface area contributed by atoms with E-state index >= 15 is 0 Å². The van der Waals surface area contributed by atoms with E-state index in [-0.39, 0.29) is 17.6 Å². The van der Waals surface area contributed by atoms with Crippen LogP contribution in [0.3, 0.4) is 0 Å². The van der Waals surface area contributed by atoms with Gasteiger partial charge in [-0.1, -0.05) is 61.7 Å². The molecule has 33 heavy (non-hydrogen) atoms. The summed E-state index contributed by atoms with van der Waals surface area (Å²) < 4.78 is 5.31. The van der Waals surface area contributed by atoms with Crippen molar-refractivity contribution in [3.63, 3.8) is 0 Å². The Kier molecular flexibility index (Phi) is 6.59. The fourth-order valence-electron chi connectivity index (χ4n) is 5.90. The molecule has 1 spiro atoms. The molecule has 2 saturated carbocycles. The van der Waals surface area contributed by atoms with Crippen molar-refractivity contribution in [2.24, 2.45) is 5.92 Å². The number of carbonyl (C=O) groups is 1. The molecule has 3 aliphatic rings. The van der Waals surface area contributed by atoms with Crippen LogP contribution in [-0.2, 0) is 6.42 Å². The summed E-state index contributed by atoms with van der Waals surface area (Å²) in [6.07, 6.45) is 10.4. The van der Waals surface area contributed by atoms with E-state index in [1.165, 1.54) is 30.4 Å². The lowest BCUT2D eigenvalue weighted by Gasteiger charge is -2.37. The largest absolute Gasteiger partial charge is 0.497 e. The van der Waals surface area contributed by atoms with Gasteiger partial charge in [-0.05, 0) is 73.6 Å². The highest BCUT2D eigenvalue weighted by Crippen LogP contribution is 2.40. The van der Waals surface area contributed by atoms with Gasteiger partial charge < -0.3 is 10.1 Å². The molecule has 1 saturated heterocycles. The molecule has 5 rings (SSSR count). The Morgan fingerprint density at radius 3 is 2.42 bits per heavy atom. The molecule has 0 aromatic heterocycles. The predicted octanol–water partition coefficient (Wildman–Crippen LogP) is 5.42. The van der Waals surface area contributed by atoms with E-state index in [0.29, 0.717) is 5.92 Å². The van der Waals surface area contributed by atoms with Crippen LogP contribution in [0.15, 0.2) is 54.6 Å². The van der Waals surface area contributed by atoms with E-state index in [1.807, 2.05) is 17.1 Å². The third kappa shape index (κ3) is 5.19. The normalized spacial score (nSPS) is 26.2. The fraction of sp³-hybridized carbons (Fsp3) is 0.536. The number of methoxy groups -OCH3 is 1. The predicted molar refractivity (Wildman–Crippen MR) is 131 cm³/mol. The third-order valence-electron chi connectivity index (χ3n) is 8.11. The van der Waals surface area contributed by atoms with E-state index in [2.05, 4.69) is 53.2 Å². The van der Waals surface area contributed by atoms with E-state index in [9.17, 15) is 4.79 Å². The molecule has 1 heterocycles. The number of hydrogen-bond acceptors (Lipinski definition) is 3. The number of rotatable bonds is 8. The van der Waals surface area contributed by atoms with E-state index in [1.54, 1.807) is 7.11 Å². The molecule has 2 N–H and O–H groups in total. The second kappa shape index (κ2) is 9.76. The van der Waals surface area contributed by atoms with Gasteiger partial charge in [0.05, 0.1) is 19.2 Å². The molecule has 1 unspecified atom stereocenters. The highest BCUT2D eigenvalue weighted by Gasteiger charge is 2.45. The van der Waals surface area contributed by atoms with Crippen molar-refractivity contribution < 1.29 is 9.53 Å². The van der Waals surface area contributed by atoms with Crippen LogP contribution in [0.4, 0.5) is 4.79 Å². The summed E-state index contributed by atoms with van der Waals surface area (Å²) in [4.78, 5) is 13.0. The first-order chi connectivity index (χ1) is 16.1. The maximum absolute atomic E-state index is 13.0. The lowest BCUT2D eigenvalue weighted by atomic mass is 9.74. The van der Waals surface area contributed by atoms with Crippen LogP contribution in [0.25, 0.3) is 0 Å². The van der Waals surface area contributed by atoms with Gasteiger partial charge in [0.25, 0.3) is 0 Å². The Hall–Kier alpha value is -2.53. The smallest absolute Gasteiger partial charge is 0.332 e. The van der Waals surface area contributed by atoms with Gasteiger partial charge in [-0.2, -0.15) is 0 Å². The van der Waals surface area contributed by atoms with Crippen LogP contribution in [-0.4, -0.2) is 36.3 Å². The zero-order chi connectivity index (χ0) is 22.7. The van der Waals surface area contributed by atoms with Crippen molar-refractivity contribution in [3.05, 3.63) is 65.7 Å². The van der Waals surface area contributed by atoms with Crippen LogP contribution < -0.4 is 15.5 Å². The highest BCUT2D eigenvalue weighted by atomic mass is 16.5. The summed E-state index contributed by atoms with van der Waals surface area (Å²) in [5.41, 5.74) is 6.28. The van der Waals surface area contributed by atoms with Crippen LogP contribution in [0.1, 0.15) is 68.4 Å². The van der Waals surface area contributed by atoms with Crippen molar-refractivity contribution in [1.29, 1.82) is 0 Å². The number of hydrogen-bond donors (Lipinski definition) is 2. The van der Waals surface area contributed by atoms with Gasteiger partial charge in [0.2, 0.25) is 0 Å². The van der Waals surface area contributed by atoms with E-state index < -0.39 is 0 Å². The van der Waals surface area contributed by atoms with Crippen LogP contribution in [0.2, 0.25) is 0 Å². The van der Waals surface area contributed by atoms with Crippen LogP contribution >= 0.6 is 0 Å². The standard InChI is InChI=1S/C28H37N3O2/c1-33-26-12-10-22(11-13-26)19-25(18-21-6-5-7-21)30-31-20-28(29-27(31)32)16-14-24(15-17-28)23-8-3-2-4-9-23/h2-4,8-13,21,24-25,30H,5-7,14-20H2,1H3,(H,29,32). The number of ether oxygens (including phenoxy) is 1. The maximum Gasteiger partial charge on any atom is 0.332 e. The Balaban J connectivity index is 1.21. The van der Waals surface area contributed by atoms with Gasteiger partial charge in [-0.15, -0.1) is 0 Å². The van der Waals surface area contributed by atoms with E-state index in [0.717, 1.165) is 56.7 Å². The highest BCUT2D eigenvalue weighted by molar-refractivity contribution is 5.77. The second-order valence-corrected chi connectivity index (χ2v) is 10.4. The first-order valence-corrected chi connectivity index (χ1v) is 12.7. The number of hydrazine groups is 1. The number of carbonyl (C=O) groups excluding carboxylic acids is 1. The minimum atomic E-state index is -0.0868. The molecular formula is C28H37N3O2. The quantitative estimate of drug-likeness (QED) is 0.568. The molecule has 0 bridgehead atoms. The molecular weight excluding hydrogens is 410 g/mol. The summed E-state index contributed by atoms with van der Waals surface area (Å²) in [5.74, 6) is 2.27. The number of nitrogens with zero attached hydrogens (tertiary/aromatic N) is 1. The van der Waals surface area contributed by atoms with Crippen LogP contribution in [0.5, 0.6) is 5.75 Å². The van der Waals surface area contributed by atoms with Gasteiger partial charge in [0.1, 0.15) is 5.75 Å². The lowest BCUT2D eigenvalue weighted by Crippen LogP contribution is -2.49. The molecule has 0 radical (unpaired) electrons. The second-order valence-electron chi connectivity index (χ2n) is 10.4. The molecule has 5 heteroatoms. The number of nitrogens with one attached hydrogen (secondary N) is 2. The molecule has 176 valence electrons. The molecule has 2 aromatic rings. The molecule has 2 aliphatic carbocycles. The summed E-state index contributed by atoms with van der Waals surface area (Å²) in [7, 11) is 1.70. The van der Waals surface area contributed by atoms with E-state index in [4.69, 9.17) is 4.74 Å². The Morgan fingerprint density at radius 1 is 1.06 bits per heavy atom. The lowest BCUT2D eigenvalue weighted by molar-refractivity contribution is 0.150. The minimum absolute atomic E-state index is 0.0431. The molecule has 1 atom stereocenters. The Bertz CT molecular complexity index is 918. The fourth-order valence-corrected chi connectivity index (χ4v) is 5.90. The minimum Gasteiger partial charge on any atom is -0.497 e. The SMILES string of the molecule is COc1ccc(CC(CC2CCC2)NN2CC3(CCC(c4ccccc4)CC3)NC2=O)cc1. The first-order valence-electron chi connectivity index (χ1n) is 12.7. The summed E-state index contributed by atoms with van der Waals surface area (Å²) in [5, 5.41) is 5.25. The van der Waals surface area contributed by atoms with Gasteiger partial charge >= 0.3 is 6.03 Å². The van der Waals surface area contributed by atoms with Crippen molar-refractivity contribution in [2.75, 3.05) is 13.7 Å². The van der Waals surface area contributed by atoms with Gasteiger partial charge in [0, 0.05) is 6.04 Å². The average Bonchev–Trinajstić information content (AvgIpc) is 3.11. The first kappa shape index (κ1) is 22.3. The van der Waals surface area contributed by atoms with Crippen LogP contribution in [0, 0.1) is 5.92 Å². The molecule has 1 aliphatic heterocycles. The maximum atomic E-state index is 13.0. The summed E-state index contributed by atoms with van der Waals surface area (Å²) >= 11 is 0. The molecule has 2 aromatic carbocycles. The monoisotopic (exact) mass is 447 g/mol. The van der Waals surface area contributed by atoms with Crippen molar-refractivity contribution in [1.82, 2.24) is 15.8 Å². The number of amides is 2. The molecule has 3 fully saturated rings. The zero-order valence-corrected chi connectivity index (χ0v) is 19.8. The van der Waals surface area contributed by atoms with Crippen molar-refractivity contribution in [2.45, 2.75) is 75.3 Å². The molecule has 5 nitrogen and oxygen atoms in total.